The number of benzene rings is 1. The molecule has 0 fully saturated rings. The van der Waals surface area contributed by atoms with Crippen molar-refractivity contribution in [2.75, 3.05) is 44.9 Å². The van der Waals surface area contributed by atoms with Gasteiger partial charge in [0.05, 0.1) is 6.54 Å². The molecule has 2 rings (SSSR count). The minimum Gasteiger partial charge on any atom is -0.486 e. The average Bonchev–Trinajstić information content (AvgIpc) is 2.59. The highest BCUT2D eigenvalue weighted by Gasteiger charge is 2.23. The zero-order chi connectivity index (χ0) is 17.4. The van der Waals surface area contributed by atoms with Crippen molar-refractivity contribution < 1.29 is 9.47 Å². The zero-order valence-electron chi connectivity index (χ0n) is 15.1. The first-order valence-corrected chi connectivity index (χ1v) is 9.87. The largest absolute Gasteiger partial charge is 0.486 e. The molecule has 0 amide bonds. The van der Waals surface area contributed by atoms with Gasteiger partial charge in [-0.1, -0.05) is 19.9 Å². The quantitative estimate of drug-likeness (QED) is 0.449. The number of fused-ring (bicyclic) bond motifs is 1. The Bertz CT molecular complexity index is 561. The second-order valence-electron chi connectivity index (χ2n) is 6.36. The number of aliphatic imine (C=N–C) groups is 1. The minimum absolute atomic E-state index is 0.0856. The van der Waals surface area contributed by atoms with Crippen LogP contribution in [0.1, 0.15) is 26.3 Å². The standard InChI is InChI=1S/C18H29N3O2S/c1-5-19-17(20-8-11-24-4)21-13-18(2,3)14-6-7-15-16(12-14)23-10-9-22-15/h6-7,12H,5,8-11,13H2,1-4H3,(H2,19,20,21). The normalized spacial score (nSPS) is 14.4. The van der Waals surface area contributed by atoms with Crippen molar-refractivity contribution in [1.29, 1.82) is 0 Å². The lowest BCUT2D eigenvalue weighted by atomic mass is 9.84. The fourth-order valence-corrected chi connectivity index (χ4v) is 2.75. The molecule has 0 spiro atoms. The third kappa shape index (κ3) is 5.23. The number of thioether (sulfide) groups is 1. The minimum atomic E-state index is -0.0856. The van der Waals surface area contributed by atoms with Crippen molar-refractivity contribution in [2.24, 2.45) is 4.99 Å². The second-order valence-corrected chi connectivity index (χ2v) is 7.34. The van der Waals surface area contributed by atoms with Crippen LogP contribution in [0.3, 0.4) is 0 Å². The van der Waals surface area contributed by atoms with Gasteiger partial charge in [0.1, 0.15) is 13.2 Å². The number of nitrogens with zero attached hydrogens (tertiary/aromatic N) is 1. The fraction of sp³-hybridized carbons (Fsp3) is 0.611. The van der Waals surface area contributed by atoms with E-state index in [1.165, 1.54) is 5.56 Å². The summed E-state index contributed by atoms with van der Waals surface area (Å²) in [7, 11) is 0. The molecule has 1 aromatic carbocycles. The predicted molar refractivity (Wildman–Crippen MR) is 103 cm³/mol. The van der Waals surface area contributed by atoms with Gasteiger partial charge < -0.3 is 20.1 Å². The summed E-state index contributed by atoms with van der Waals surface area (Å²) in [5, 5.41) is 6.67. The first-order chi connectivity index (χ1) is 11.6. The van der Waals surface area contributed by atoms with Gasteiger partial charge in [0.15, 0.2) is 17.5 Å². The third-order valence-corrected chi connectivity index (χ3v) is 4.51. The van der Waals surface area contributed by atoms with E-state index >= 15 is 0 Å². The molecule has 1 aliphatic heterocycles. The monoisotopic (exact) mass is 351 g/mol. The molecule has 0 atom stereocenters. The summed E-state index contributed by atoms with van der Waals surface area (Å²) in [5.74, 6) is 3.60. The highest BCUT2D eigenvalue weighted by atomic mass is 32.2. The fourth-order valence-electron chi connectivity index (χ4n) is 2.45. The molecular formula is C18H29N3O2S. The molecule has 1 aromatic rings. The lowest BCUT2D eigenvalue weighted by Crippen LogP contribution is -2.39. The summed E-state index contributed by atoms with van der Waals surface area (Å²) < 4.78 is 11.3. The van der Waals surface area contributed by atoms with Gasteiger partial charge in [0, 0.05) is 24.3 Å². The lowest BCUT2D eigenvalue weighted by molar-refractivity contribution is 0.171. The van der Waals surface area contributed by atoms with Crippen LogP contribution in [-0.2, 0) is 5.41 Å². The number of rotatable bonds is 7. The van der Waals surface area contributed by atoms with E-state index in [1.54, 1.807) is 0 Å². The summed E-state index contributed by atoms with van der Waals surface area (Å²) in [6.07, 6.45) is 2.11. The molecule has 1 aliphatic rings. The Labute approximate surface area is 149 Å². The molecule has 24 heavy (non-hydrogen) atoms. The molecule has 2 N–H and O–H groups in total. The van der Waals surface area contributed by atoms with Gasteiger partial charge in [-0.3, -0.25) is 4.99 Å². The van der Waals surface area contributed by atoms with E-state index in [0.29, 0.717) is 19.8 Å². The van der Waals surface area contributed by atoms with E-state index in [2.05, 4.69) is 49.8 Å². The van der Waals surface area contributed by atoms with Gasteiger partial charge in [0.25, 0.3) is 0 Å². The van der Waals surface area contributed by atoms with Crippen LogP contribution in [0.5, 0.6) is 11.5 Å². The average molecular weight is 352 g/mol. The molecule has 0 aromatic heterocycles. The van der Waals surface area contributed by atoms with Crippen LogP contribution in [0, 0.1) is 0 Å². The van der Waals surface area contributed by atoms with Crippen LogP contribution in [-0.4, -0.2) is 50.8 Å². The van der Waals surface area contributed by atoms with Gasteiger partial charge in [-0.05, 0) is 30.9 Å². The Hall–Kier alpha value is -1.56. The van der Waals surface area contributed by atoms with Crippen LogP contribution < -0.4 is 20.1 Å². The molecule has 134 valence electrons. The van der Waals surface area contributed by atoms with Crippen molar-refractivity contribution in [3.05, 3.63) is 23.8 Å². The molecule has 0 unspecified atom stereocenters. The first-order valence-electron chi connectivity index (χ1n) is 8.48. The number of nitrogens with one attached hydrogen (secondary N) is 2. The van der Waals surface area contributed by atoms with Crippen LogP contribution in [0.25, 0.3) is 0 Å². The van der Waals surface area contributed by atoms with Gasteiger partial charge in [-0.2, -0.15) is 11.8 Å². The first kappa shape index (κ1) is 18.8. The summed E-state index contributed by atoms with van der Waals surface area (Å²) in [6.45, 7) is 10.2. The summed E-state index contributed by atoms with van der Waals surface area (Å²) >= 11 is 1.82. The number of guanidine groups is 1. The molecule has 5 nitrogen and oxygen atoms in total. The Balaban J connectivity index is 2.06. The van der Waals surface area contributed by atoms with Crippen LogP contribution in [0.2, 0.25) is 0 Å². The SMILES string of the molecule is CCNC(=NCC(C)(C)c1ccc2c(c1)OCCO2)NCCSC. The maximum Gasteiger partial charge on any atom is 0.191 e. The van der Waals surface area contributed by atoms with Crippen molar-refractivity contribution in [1.82, 2.24) is 10.6 Å². The third-order valence-electron chi connectivity index (χ3n) is 3.90. The number of hydrogen-bond donors (Lipinski definition) is 2. The highest BCUT2D eigenvalue weighted by Crippen LogP contribution is 2.35. The topological polar surface area (TPSA) is 54.9 Å². The summed E-state index contributed by atoms with van der Waals surface area (Å²) in [5.41, 5.74) is 1.12. The van der Waals surface area contributed by atoms with E-state index in [0.717, 1.165) is 36.3 Å². The van der Waals surface area contributed by atoms with Gasteiger partial charge in [0.2, 0.25) is 0 Å². The Morgan fingerprint density at radius 1 is 1.21 bits per heavy atom. The predicted octanol–water partition coefficient (Wildman–Crippen LogP) is 2.65. The number of ether oxygens (including phenoxy) is 2. The summed E-state index contributed by atoms with van der Waals surface area (Å²) in [4.78, 5) is 4.76. The molecule has 0 radical (unpaired) electrons. The van der Waals surface area contributed by atoms with Gasteiger partial charge in [-0.15, -0.1) is 0 Å². The molecule has 0 aliphatic carbocycles. The highest BCUT2D eigenvalue weighted by molar-refractivity contribution is 7.98. The molecule has 0 saturated heterocycles. The van der Waals surface area contributed by atoms with Crippen molar-refractivity contribution in [2.45, 2.75) is 26.2 Å². The van der Waals surface area contributed by atoms with E-state index in [-0.39, 0.29) is 5.41 Å². The Morgan fingerprint density at radius 3 is 2.67 bits per heavy atom. The van der Waals surface area contributed by atoms with E-state index < -0.39 is 0 Å². The van der Waals surface area contributed by atoms with Crippen LogP contribution in [0.4, 0.5) is 0 Å². The smallest absolute Gasteiger partial charge is 0.191 e. The van der Waals surface area contributed by atoms with E-state index in [9.17, 15) is 0 Å². The Kier molecular flexibility index (Phi) is 7.09. The molecule has 6 heteroatoms. The lowest BCUT2D eigenvalue weighted by Gasteiger charge is -2.26. The van der Waals surface area contributed by atoms with Crippen molar-refractivity contribution in [3.63, 3.8) is 0 Å². The maximum absolute atomic E-state index is 5.70. The zero-order valence-corrected chi connectivity index (χ0v) is 16.0. The van der Waals surface area contributed by atoms with E-state index in [1.807, 2.05) is 17.8 Å². The molecular weight excluding hydrogens is 322 g/mol. The molecule has 1 heterocycles. The molecule has 0 saturated carbocycles. The van der Waals surface area contributed by atoms with Crippen LogP contribution >= 0.6 is 11.8 Å². The van der Waals surface area contributed by atoms with Crippen molar-refractivity contribution >= 4 is 17.7 Å². The Morgan fingerprint density at radius 2 is 1.96 bits per heavy atom. The van der Waals surface area contributed by atoms with Crippen LogP contribution in [0.15, 0.2) is 23.2 Å². The number of hydrogen-bond acceptors (Lipinski definition) is 4. The van der Waals surface area contributed by atoms with Gasteiger partial charge >= 0.3 is 0 Å². The van der Waals surface area contributed by atoms with Crippen molar-refractivity contribution in [3.8, 4) is 11.5 Å². The molecule has 0 bridgehead atoms. The van der Waals surface area contributed by atoms with E-state index in [4.69, 9.17) is 14.5 Å². The summed E-state index contributed by atoms with van der Waals surface area (Å²) in [6, 6.07) is 6.19. The maximum atomic E-state index is 5.70. The van der Waals surface area contributed by atoms with Gasteiger partial charge in [-0.25, -0.2) is 0 Å². The second kappa shape index (κ2) is 9.06.